The number of rotatable bonds is 28. The molecule has 434 valence electrons. The first-order valence-corrected chi connectivity index (χ1v) is 28.4. The molecule has 2 aromatic heterocycles. The number of esters is 1. The van der Waals surface area contributed by atoms with E-state index in [1.54, 1.807) is 37.7 Å². The van der Waals surface area contributed by atoms with Crippen molar-refractivity contribution in [1.82, 2.24) is 45.9 Å². The van der Waals surface area contributed by atoms with Crippen molar-refractivity contribution in [1.29, 1.82) is 0 Å². The van der Waals surface area contributed by atoms with Gasteiger partial charge >= 0.3 is 5.97 Å². The van der Waals surface area contributed by atoms with Crippen molar-refractivity contribution in [2.24, 2.45) is 0 Å². The molecule has 0 saturated heterocycles. The zero-order chi connectivity index (χ0) is 58.7. The number of aryl methyl sites for hydroxylation is 1. The largest absolute Gasteiger partial charge is 0.458 e. The lowest BCUT2D eigenvalue weighted by Crippen LogP contribution is -2.56. The molecule has 8 amide bonds. The summed E-state index contributed by atoms with van der Waals surface area (Å²) in [7, 11) is 1.45. The Morgan fingerprint density at radius 2 is 1.49 bits per heavy atom. The van der Waals surface area contributed by atoms with E-state index in [1.807, 2.05) is 0 Å². The minimum absolute atomic E-state index is 0.0169. The summed E-state index contributed by atoms with van der Waals surface area (Å²) < 4.78 is 21.7. The number of amides is 8. The van der Waals surface area contributed by atoms with Gasteiger partial charge in [0.2, 0.25) is 35.4 Å². The maximum absolute atomic E-state index is 14.9. The number of carbonyl (C=O) groups is 9. The van der Waals surface area contributed by atoms with E-state index < -0.39 is 113 Å². The molecule has 80 heavy (non-hydrogen) atoms. The molecule has 0 fully saturated rings. The fourth-order valence-corrected chi connectivity index (χ4v) is 11.1. The number of imide groups is 1. The number of nitrogens with zero attached hydrogens (tertiary/aromatic N) is 4. The molecule has 0 bridgehead atoms. The molecule has 0 unspecified atom stereocenters. The van der Waals surface area contributed by atoms with Crippen molar-refractivity contribution in [2.75, 3.05) is 44.1 Å². The fraction of sp³-hybridized carbons (Fsp3) is 0.528. The van der Waals surface area contributed by atoms with Crippen LogP contribution in [0.2, 0.25) is 0 Å². The summed E-state index contributed by atoms with van der Waals surface area (Å²) in [6.45, 7) is 6.53. The topological polar surface area (TPSA) is 345 Å². The van der Waals surface area contributed by atoms with Gasteiger partial charge in [0.15, 0.2) is 5.60 Å². The fourth-order valence-electron chi connectivity index (χ4n) is 9.12. The highest BCUT2D eigenvalue weighted by atomic mass is 32.2. The Morgan fingerprint density at radius 3 is 2.14 bits per heavy atom. The number of fused-ring (bicyclic) bond motifs is 5. The van der Waals surface area contributed by atoms with E-state index in [1.165, 1.54) is 55.1 Å². The standard InChI is InChI=1S/C53H68FN9O15S2/c1-7-53(77)37-20-41-46-34(22-63(41)51(75)35(37)24-78-52(53)76)36(33-18-27(2)38(54)21-40(33)60-46)25-79-16-17-80-26-55-47(71)28(3)56-48(72)29(4)57-49(73)30(5)58-50(74)39(59-42(67)13-15-62-44(69)10-11-45(62)70)8-9-43(68)61(6)14-12-31(65)19-32(66)23-64/h10-11,18,20-21,28-32,39,64-66,77H,7-9,12-17,19,22-26H2,1-6H3,(H,55,71)(H,56,72)(H,57,73)(H,58,74)(H,59,67)/t28-,29-,30-,31+,32-,39-,53-/m0/s1. The van der Waals surface area contributed by atoms with Crippen molar-refractivity contribution in [3.63, 3.8) is 0 Å². The molecule has 3 aromatic rings. The molecule has 0 aliphatic carbocycles. The number of aliphatic hydroxyl groups is 4. The van der Waals surface area contributed by atoms with Gasteiger partial charge < -0.3 is 61.2 Å². The number of hydrogen-bond acceptors (Lipinski definition) is 18. The number of nitrogens with one attached hydrogen (secondary N) is 5. The van der Waals surface area contributed by atoms with Gasteiger partial charge in [0.25, 0.3) is 17.4 Å². The Kier molecular flexibility index (Phi) is 21.5. The molecular weight excluding hydrogens is 1090 g/mol. The number of aromatic nitrogens is 2. The van der Waals surface area contributed by atoms with Crippen LogP contribution >= 0.6 is 23.5 Å². The first-order valence-electron chi connectivity index (χ1n) is 26.1. The number of ether oxygens (including phenoxy) is 1. The number of pyridine rings is 2. The Hall–Kier alpha value is -6.78. The molecule has 3 aliphatic rings. The Bertz CT molecular complexity index is 3000. The summed E-state index contributed by atoms with van der Waals surface area (Å²) >= 11 is 3.00. The third kappa shape index (κ3) is 15.0. The second kappa shape index (κ2) is 27.6. The average molecular weight is 1150 g/mol. The number of aliphatic hydroxyl groups excluding tert-OH is 3. The van der Waals surface area contributed by atoms with Gasteiger partial charge in [-0.25, -0.2) is 14.2 Å². The lowest BCUT2D eigenvalue weighted by atomic mass is 9.86. The summed E-state index contributed by atoms with van der Waals surface area (Å²) in [5.74, 6) is -4.76. The minimum Gasteiger partial charge on any atom is -0.458 e. The van der Waals surface area contributed by atoms with Crippen LogP contribution in [0.3, 0.4) is 0 Å². The van der Waals surface area contributed by atoms with E-state index in [0.29, 0.717) is 39.7 Å². The first-order chi connectivity index (χ1) is 37.9. The summed E-state index contributed by atoms with van der Waals surface area (Å²) in [4.78, 5) is 136. The van der Waals surface area contributed by atoms with Gasteiger partial charge in [-0.1, -0.05) is 6.92 Å². The van der Waals surface area contributed by atoms with Gasteiger partial charge in [0, 0.05) is 91.4 Å². The normalized spacial score (nSPS) is 17.5. The highest BCUT2D eigenvalue weighted by Gasteiger charge is 2.45. The van der Waals surface area contributed by atoms with Crippen molar-refractivity contribution < 1.29 is 72.7 Å². The van der Waals surface area contributed by atoms with Gasteiger partial charge in [0.1, 0.15) is 36.6 Å². The molecule has 1 aromatic carbocycles. The van der Waals surface area contributed by atoms with E-state index in [4.69, 9.17) is 14.8 Å². The monoisotopic (exact) mass is 1150 g/mol. The second-order valence-electron chi connectivity index (χ2n) is 19.9. The van der Waals surface area contributed by atoms with Crippen LogP contribution < -0.4 is 32.1 Å². The maximum atomic E-state index is 14.9. The van der Waals surface area contributed by atoms with Crippen LogP contribution in [0.25, 0.3) is 22.3 Å². The van der Waals surface area contributed by atoms with Crippen LogP contribution in [0.1, 0.15) is 94.0 Å². The molecule has 27 heteroatoms. The van der Waals surface area contributed by atoms with Gasteiger partial charge in [-0.05, 0) is 70.2 Å². The zero-order valence-electron chi connectivity index (χ0n) is 45.2. The van der Waals surface area contributed by atoms with Crippen LogP contribution in [0.5, 0.6) is 0 Å². The van der Waals surface area contributed by atoms with Gasteiger partial charge in [-0.2, -0.15) is 11.8 Å². The van der Waals surface area contributed by atoms with Gasteiger partial charge in [0.05, 0.1) is 53.7 Å². The number of hydrogen-bond donors (Lipinski definition) is 9. The number of benzene rings is 1. The minimum atomic E-state index is -2.01. The quantitative estimate of drug-likeness (QED) is 0.0151. The highest BCUT2D eigenvalue weighted by Crippen LogP contribution is 2.41. The number of cyclic esters (lactones) is 1. The van der Waals surface area contributed by atoms with Gasteiger partial charge in [-0.3, -0.25) is 48.1 Å². The molecule has 24 nitrogen and oxygen atoms in total. The molecule has 6 rings (SSSR count). The summed E-state index contributed by atoms with van der Waals surface area (Å²) in [5, 5.41) is 53.5. The summed E-state index contributed by atoms with van der Waals surface area (Å²) in [6, 6.07) is -0.189. The molecule has 0 saturated carbocycles. The van der Waals surface area contributed by atoms with E-state index in [0.717, 1.165) is 33.6 Å². The summed E-state index contributed by atoms with van der Waals surface area (Å²) in [6.07, 6.45) is -1.02. The molecule has 0 radical (unpaired) electrons. The zero-order valence-corrected chi connectivity index (χ0v) is 46.9. The maximum Gasteiger partial charge on any atom is 0.343 e. The lowest BCUT2D eigenvalue weighted by Gasteiger charge is -2.31. The highest BCUT2D eigenvalue weighted by molar-refractivity contribution is 8.02. The van der Waals surface area contributed by atoms with Crippen LogP contribution in [0.15, 0.2) is 35.1 Å². The molecule has 5 heterocycles. The Morgan fingerprint density at radius 1 is 0.850 bits per heavy atom. The molecule has 7 atom stereocenters. The van der Waals surface area contributed by atoms with Crippen molar-refractivity contribution in [3.05, 3.63) is 74.3 Å². The smallest absolute Gasteiger partial charge is 0.343 e. The predicted molar refractivity (Wildman–Crippen MR) is 291 cm³/mol. The average Bonchev–Trinajstić information content (AvgIpc) is 3.99. The third-order valence-electron chi connectivity index (χ3n) is 14.0. The number of thioether (sulfide) groups is 2. The third-order valence-corrected chi connectivity index (χ3v) is 16.1. The van der Waals surface area contributed by atoms with Crippen LogP contribution in [-0.2, 0) is 72.4 Å². The lowest BCUT2D eigenvalue weighted by molar-refractivity contribution is -0.172. The van der Waals surface area contributed by atoms with Crippen LogP contribution in [0.4, 0.5) is 4.39 Å². The SMILES string of the molecule is CC[C@@]1(O)C(=O)OCc2c1cc1n(c2=O)Cc2c-1nc1cc(F)c(C)cc1c2CSCCSCNC(=O)[C@H](C)NC(=O)[C@H](C)NC(=O)[C@H](C)NC(=O)[C@H](CCC(=O)N(C)CC[C@@H](O)C[C@H](O)CO)NC(=O)CCN1C(=O)C=CC1=O. The molecule has 3 aliphatic heterocycles. The van der Waals surface area contributed by atoms with Crippen molar-refractivity contribution in [3.8, 4) is 11.4 Å². The van der Waals surface area contributed by atoms with Crippen LogP contribution in [-0.4, -0.2) is 174 Å². The number of carbonyl (C=O) groups excluding carboxylic acids is 9. The number of halogens is 1. The van der Waals surface area contributed by atoms with E-state index in [2.05, 4.69) is 26.6 Å². The van der Waals surface area contributed by atoms with Crippen molar-refractivity contribution in [2.45, 2.75) is 134 Å². The van der Waals surface area contributed by atoms with Gasteiger partial charge in [-0.15, -0.1) is 11.8 Å². The Labute approximate surface area is 468 Å². The first kappa shape index (κ1) is 62.4. The molecule has 9 N–H and O–H groups in total. The van der Waals surface area contributed by atoms with Crippen molar-refractivity contribution >= 4 is 87.7 Å². The predicted octanol–water partition coefficient (Wildman–Crippen LogP) is -0.386. The summed E-state index contributed by atoms with van der Waals surface area (Å²) in [5.41, 5.74) is 1.24. The van der Waals surface area contributed by atoms with E-state index in [-0.39, 0.29) is 81.8 Å². The van der Waals surface area contributed by atoms with E-state index in [9.17, 15) is 67.7 Å². The van der Waals surface area contributed by atoms with E-state index >= 15 is 0 Å². The van der Waals surface area contributed by atoms with Crippen LogP contribution in [0, 0.1) is 12.7 Å². The molecular formula is C53H68FN9O15S2. The molecule has 0 spiro atoms. The second-order valence-corrected chi connectivity index (χ2v) is 22.1. The Balaban J connectivity index is 0.960.